The minimum atomic E-state index is -0.460. The van der Waals surface area contributed by atoms with Crippen LogP contribution in [-0.2, 0) is 14.3 Å². The summed E-state index contributed by atoms with van der Waals surface area (Å²) < 4.78 is 4.30. The van der Waals surface area contributed by atoms with Gasteiger partial charge in [0.25, 0.3) is 0 Å². The molecule has 1 rings (SSSR count). The van der Waals surface area contributed by atoms with Crippen molar-refractivity contribution in [2.75, 3.05) is 26.3 Å². The topological polar surface area (TPSA) is 72.6 Å². The van der Waals surface area contributed by atoms with Gasteiger partial charge in [-0.2, -0.15) is 0 Å². The zero-order valence-electron chi connectivity index (χ0n) is 7.99. The molecule has 7 heteroatoms. The molecule has 0 spiro atoms. The maximum Gasteiger partial charge on any atom is 0.237 e. The molecule has 1 aliphatic rings. The highest BCUT2D eigenvalue weighted by molar-refractivity contribution is 14.1. The molecule has 2 atom stereocenters. The van der Waals surface area contributed by atoms with Gasteiger partial charge in [0.1, 0.15) is 7.85 Å². The summed E-state index contributed by atoms with van der Waals surface area (Å²) in [5.41, 5.74) is 5.16. The summed E-state index contributed by atoms with van der Waals surface area (Å²) in [6.45, 7) is 2.33. The second-order valence-electron chi connectivity index (χ2n) is 3.14. The van der Waals surface area contributed by atoms with Crippen LogP contribution in [0.5, 0.6) is 0 Å². The molecule has 2 unspecified atom stereocenters. The summed E-state index contributed by atoms with van der Waals surface area (Å²) >= 11 is 3.88. The van der Waals surface area contributed by atoms with Crippen molar-refractivity contribution in [1.82, 2.24) is 4.90 Å². The van der Waals surface area contributed by atoms with Crippen LogP contribution < -0.4 is 5.73 Å². The number of nitrogens with two attached hydrogens (primary N) is 1. The van der Waals surface area contributed by atoms with Gasteiger partial charge in [-0.3, -0.25) is 9.59 Å². The molecule has 0 saturated carbocycles. The Hall–Kier alpha value is 0.360. The third-order valence-electron chi connectivity index (χ3n) is 2.09. The quantitative estimate of drug-likeness (QED) is 0.496. The van der Waals surface area contributed by atoms with Crippen molar-refractivity contribution in [2.45, 2.75) is 7.85 Å². The van der Waals surface area contributed by atoms with Crippen molar-refractivity contribution in [3.63, 3.8) is 0 Å². The standard InChI is InChI=1S/C8H12I2N2O3/c9-5(7(11)13)6(10)8(14)12-1-3-15-4-2-12/h5-6H,1-4H2,(H2,11,13). The Morgan fingerprint density at radius 3 is 2.20 bits per heavy atom. The van der Waals surface area contributed by atoms with Crippen LogP contribution in [0.4, 0.5) is 0 Å². The third-order valence-corrected chi connectivity index (χ3v) is 6.05. The van der Waals surface area contributed by atoms with Gasteiger partial charge in [-0.1, -0.05) is 45.2 Å². The minimum absolute atomic E-state index is 0.0305. The highest BCUT2D eigenvalue weighted by atomic mass is 127. The molecule has 15 heavy (non-hydrogen) atoms. The summed E-state index contributed by atoms with van der Waals surface area (Å²) in [7, 11) is 0. The van der Waals surface area contributed by atoms with Crippen LogP contribution in [0.2, 0.25) is 0 Å². The van der Waals surface area contributed by atoms with Crippen molar-refractivity contribution in [2.24, 2.45) is 5.73 Å². The molecular weight excluding hydrogens is 426 g/mol. The SMILES string of the molecule is NC(=O)C(I)C(I)C(=O)N1CCOCC1. The van der Waals surface area contributed by atoms with E-state index in [2.05, 4.69) is 0 Å². The highest BCUT2D eigenvalue weighted by Crippen LogP contribution is 2.18. The van der Waals surface area contributed by atoms with E-state index >= 15 is 0 Å². The van der Waals surface area contributed by atoms with Crippen molar-refractivity contribution >= 4 is 57.0 Å². The monoisotopic (exact) mass is 438 g/mol. The molecule has 0 aromatic heterocycles. The molecule has 0 aromatic rings. The second kappa shape index (κ2) is 6.18. The summed E-state index contributed by atoms with van der Waals surface area (Å²) in [5, 5.41) is 0. The number of morpholine rings is 1. The zero-order chi connectivity index (χ0) is 11.4. The molecule has 0 aliphatic carbocycles. The van der Waals surface area contributed by atoms with Gasteiger partial charge in [-0.15, -0.1) is 0 Å². The molecule has 0 aromatic carbocycles. The van der Waals surface area contributed by atoms with Crippen LogP contribution in [0.1, 0.15) is 0 Å². The number of hydrogen-bond acceptors (Lipinski definition) is 3. The molecule has 1 saturated heterocycles. The van der Waals surface area contributed by atoms with E-state index in [0.717, 1.165) is 0 Å². The van der Waals surface area contributed by atoms with E-state index in [4.69, 9.17) is 10.5 Å². The molecule has 1 fully saturated rings. The largest absolute Gasteiger partial charge is 0.378 e. The van der Waals surface area contributed by atoms with Crippen molar-refractivity contribution in [1.29, 1.82) is 0 Å². The summed E-state index contributed by atoms with van der Waals surface area (Å²) in [6.07, 6.45) is 0. The van der Waals surface area contributed by atoms with Gasteiger partial charge in [-0.05, 0) is 0 Å². The van der Waals surface area contributed by atoms with Crippen LogP contribution in [0.15, 0.2) is 0 Å². The fraction of sp³-hybridized carbons (Fsp3) is 0.750. The van der Waals surface area contributed by atoms with Gasteiger partial charge in [0.05, 0.1) is 13.2 Å². The zero-order valence-corrected chi connectivity index (χ0v) is 12.3. The van der Waals surface area contributed by atoms with E-state index in [-0.39, 0.29) is 5.91 Å². The van der Waals surface area contributed by atoms with Gasteiger partial charge >= 0.3 is 0 Å². The minimum Gasteiger partial charge on any atom is -0.378 e. The average Bonchev–Trinajstić information content (AvgIpc) is 2.27. The number of rotatable bonds is 3. The van der Waals surface area contributed by atoms with Gasteiger partial charge in [0, 0.05) is 13.1 Å². The first-order valence-corrected chi connectivity index (χ1v) is 6.97. The average molecular weight is 438 g/mol. The van der Waals surface area contributed by atoms with Gasteiger partial charge in [0.15, 0.2) is 0 Å². The fourth-order valence-electron chi connectivity index (χ4n) is 1.23. The maximum absolute atomic E-state index is 11.9. The lowest BCUT2D eigenvalue weighted by Crippen LogP contribution is -2.48. The van der Waals surface area contributed by atoms with E-state index in [1.54, 1.807) is 4.90 Å². The van der Waals surface area contributed by atoms with Crippen LogP contribution in [0.25, 0.3) is 0 Å². The smallest absolute Gasteiger partial charge is 0.237 e. The fourth-order valence-corrected chi connectivity index (χ4v) is 2.28. The number of amides is 2. The molecular formula is C8H12I2N2O3. The first kappa shape index (κ1) is 13.4. The summed E-state index contributed by atoms with van der Waals surface area (Å²) in [5.74, 6) is -0.478. The second-order valence-corrected chi connectivity index (χ2v) is 5.83. The summed E-state index contributed by atoms with van der Waals surface area (Å²) in [4.78, 5) is 24.6. The number of primary amides is 1. The molecule has 5 nitrogen and oxygen atoms in total. The van der Waals surface area contributed by atoms with Crippen LogP contribution in [0.3, 0.4) is 0 Å². The third kappa shape index (κ3) is 3.70. The Morgan fingerprint density at radius 1 is 1.20 bits per heavy atom. The number of halogens is 2. The van der Waals surface area contributed by atoms with Crippen LogP contribution in [-0.4, -0.2) is 50.9 Å². The van der Waals surface area contributed by atoms with Gasteiger partial charge < -0.3 is 15.4 Å². The molecule has 86 valence electrons. The van der Waals surface area contributed by atoms with E-state index in [1.807, 2.05) is 45.2 Å². The predicted molar refractivity (Wildman–Crippen MR) is 72.2 cm³/mol. The molecule has 1 aliphatic heterocycles. The van der Waals surface area contributed by atoms with Crippen LogP contribution in [0, 0.1) is 0 Å². The van der Waals surface area contributed by atoms with Gasteiger partial charge in [-0.25, -0.2) is 0 Å². The van der Waals surface area contributed by atoms with Crippen molar-refractivity contribution in [3.8, 4) is 0 Å². The number of alkyl halides is 2. The first-order chi connectivity index (χ1) is 7.04. The van der Waals surface area contributed by atoms with Crippen molar-refractivity contribution in [3.05, 3.63) is 0 Å². The van der Waals surface area contributed by atoms with E-state index < -0.39 is 13.8 Å². The summed E-state index contributed by atoms with van der Waals surface area (Å²) in [6, 6.07) is 0. The molecule has 0 radical (unpaired) electrons. The molecule has 1 heterocycles. The van der Waals surface area contributed by atoms with E-state index in [1.165, 1.54) is 0 Å². The number of carbonyl (C=O) groups is 2. The maximum atomic E-state index is 11.9. The normalized spacial score (nSPS) is 20.8. The Kier molecular flexibility index (Phi) is 5.53. The first-order valence-electron chi connectivity index (χ1n) is 4.48. The Balaban J connectivity index is 2.54. The molecule has 2 N–H and O–H groups in total. The lowest BCUT2D eigenvalue weighted by Gasteiger charge is -2.29. The predicted octanol–water partition coefficient (Wildman–Crippen LogP) is -0.0623. The highest BCUT2D eigenvalue weighted by Gasteiger charge is 2.31. The Labute approximate surface area is 115 Å². The Morgan fingerprint density at radius 2 is 1.73 bits per heavy atom. The van der Waals surface area contributed by atoms with Gasteiger partial charge in [0.2, 0.25) is 11.8 Å². The van der Waals surface area contributed by atoms with E-state index in [0.29, 0.717) is 26.3 Å². The lowest BCUT2D eigenvalue weighted by atomic mass is 10.2. The molecule has 0 bridgehead atoms. The van der Waals surface area contributed by atoms with Crippen LogP contribution >= 0.6 is 45.2 Å². The number of hydrogen-bond donors (Lipinski definition) is 1. The molecule has 2 amide bonds. The Bertz CT molecular complexity index is 256. The number of carbonyl (C=O) groups excluding carboxylic acids is 2. The van der Waals surface area contributed by atoms with Crippen molar-refractivity contribution < 1.29 is 14.3 Å². The number of ether oxygens (including phenoxy) is 1. The van der Waals surface area contributed by atoms with E-state index in [9.17, 15) is 9.59 Å². The number of nitrogens with zero attached hydrogens (tertiary/aromatic N) is 1. The lowest BCUT2D eigenvalue weighted by molar-refractivity contribution is -0.135.